The lowest BCUT2D eigenvalue weighted by molar-refractivity contribution is -0.120. The molecule has 0 bridgehead atoms. The van der Waals surface area contributed by atoms with Crippen molar-refractivity contribution in [1.29, 1.82) is 0 Å². The Balaban J connectivity index is 1.34. The smallest absolute Gasteiger partial charge is 0.226 e. The van der Waals surface area contributed by atoms with Crippen molar-refractivity contribution in [3.63, 3.8) is 0 Å². The Morgan fingerprint density at radius 2 is 1.96 bits per heavy atom. The average molecular weight is 333 g/mol. The number of rotatable bonds is 5. The second-order valence-corrected chi connectivity index (χ2v) is 6.18. The minimum absolute atomic E-state index is 0.0811. The molecule has 2 heterocycles. The van der Waals surface area contributed by atoms with Crippen LogP contribution in [0.5, 0.6) is 0 Å². The molecule has 4 rings (SSSR count). The van der Waals surface area contributed by atoms with Crippen LogP contribution < -0.4 is 5.32 Å². The monoisotopic (exact) mass is 333 g/mol. The van der Waals surface area contributed by atoms with Crippen LogP contribution in [0.1, 0.15) is 29.1 Å². The topological polar surface area (TPSA) is 72.7 Å². The Bertz CT molecular complexity index is 888. The first-order valence-electron chi connectivity index (χ1n) is 8.49. The van der Waals surface area contributed by atoms with Gasteiger partial charge in [-0.3, -0.25) is 9.78 Å². The van der Waals surface area contributed by atoms with E-state index in [9.17, 15) is 4.79 Å². The van der Waals surface area contributed by atoms with Crippen LogP contribution in [0.4, 0.5) is 0 Å². The lowest BCUT2D eigenvalue weighted by Crippen LogP contribution is -2.25. The molecule has 6 heteroatoms. The SMILES string of the molecule is O=C(Cc1cnn(-c2ccccc2)n1)NCc1ccc2c(n1)CCC2. The lowest BCUT2D eigenvalue weighted by atomic mass is 10.2. The predicted molar refractivity (Wildman–Crippen MR) is 93.2 cm³/mol. The number of aromatic nitrogens is 4. The van der Waals surface area contributed by atoms with Gasteiger partial charge in [0.25, 0.3) is 0 Å². The summed E-state index contributed by atoms with van der Waals surface area (Å²) in [5.41, 5.74) is 4.94. The summed E-state index contributed by atoms with van der Waals surface area (Å²) < 4.78 is 0. The van der Waals surface area contributed by atoms with E-state index in [0.717, 1.165) is 24.2 Å². The van der Waals surface area contributed by atoms with Gasteiger partial charge in [0, 0.05) is 5.69 Å². The molecule has 3 aromatic rings. The van der Waals surface area contributed by atoms with Gasteiger partial charge in [0.15, 0.2) is 0 Å². The van der Waals surface area contributed by atoms with Gasteiger partial charge in [-0.2, -0.15) is 15.0 Å². The fourth-order valence-corrected chi connectivity index (χ4v) is 3.04. The third-order valence-electron chi connectivity index (χ3n) is 4.32. The molecule has 0 atom stereocenters. The number of nitrogens with zero attached hydrogens (tertiary/aromatic N) is 4. The largest absolute Gasteiger partial charge is 0.350 e. The van der Waals surface area contributed by atoms with E-state index in [1.807, 2.05) is 36.4 Å². The van der Waals surface area contributed by atoms with Gasteiger partial charge >= 0.3 is 0 Å². The van der Waals surface area contributed by atoms with E-state index in [1.54, 1.807) is 6.20 Å². The number of carbonyl (C=O) groups excluding carboxylic acids is 1. The maximum Gasteiger partial charge on any atom is 0.226 e. The first kappa shape index (κ1) is 15.5. The highest BCUT2D eigenvalue weighted by Crippen LogP contribution is 2.19. The molecule has 1 aliphatic rings. The second kappa shape index (κ2) is 6.84. The number of para-hydroxylation sites is 1. The molecular formula is C19H19N5O. The van der Waals surface area contributed by atoms with Gasteiger partial charge in [-0.1, -0.05) is 24.3 Å². The molecule has 1 aromatic carbocycles. The van der Waals surface area contributed by atoms with Crippen LogP contribution in [0.3, 0.4) is 0 Å². The number of fused-ring (bicyclic) bond motifs is 1. The van der Waals surface area contributed by atoms with Crippen molar-refractivity contribution in [3.8, 4) is 5.69 Å². The van der Waals surface area contributed by atoms with Crippen molar-refractivity contribution in [3.05, 3.63) is 71.3 Å². The molecule has 0 spiro atoms. The van der Waals surface area contributed by atoms with Crippen molar-refractivity contribution < 1.29 is 4.79 Å². The molecule has 2 aromatic heterocycles. The van der Waals surface area contributed by atoms with Gasteiger partial charge < -0.3 is 5.32 Å². The zero-order valence-electron chi connectivity index (χ0n) is 13.9. The number of aryl methyl sites for hydroxylation is 2. The van der Waals surface area contributed by atoms with E-state index in [2.05, 4.69) is 26.6 Å². The van der Waals surface area contributed by atoms with E-state index >= 15 is 0 Å². The Morgan fingerprint density at radius 1 is 1.08 bits per heavy atom. The Hall–Kier alpha value is -3.02. The summed E-state index contributed by atoms with van der Waals surface area (Å²) in [5, 5.41) is 11.5. The second-order valence-electron chi connectivity index (χ2n) is 6.18. The van der Waals surface area contributed by atoms with Crippen molar-refractivity contribution in [2.45, 2.75) is 32.2 Å². The van der Waals surface area contributed by atoms with Gasteiger partial charge in [0.2, 0.25) is 5.91 Å². The number of benzene rings is 1. The number of amides is 1. The van der Waals surface area contributed by atoms with Crippen molar-refractivity contribution in [2.75, 3.05) is 0 Å². The molecule has 25 heavy (non-hydrogen) atoms. The fourth-order valence-electron chi connectivity index (χ4n) is 3.04. The van der Waals surface area contributed by atoms with Crippen molar-refractivity contribution in [2.24, 2.45) is 0 Å². The van der Waals surface area contributed by atoms with Crippen molar-refractivity contribution >= 4 is 5.91 Å². The summed E-state index contributed by atoms with van der Waals surface area (Å²) in [6, 6.07) is 13.8. The normalized spacial score (nSPS) is 12.8. The first-order chi connectivity index (χ1) is 12.3. The zero-order chi connectivity index (χ0) is 17.1. The Morgan fingerprint density at radius 3 is 2.84 bits per heavy atom. The van der Waals surface area contributed by atoms with E-state index in [-0.39, 0.29) is 12.3 Å². The van der Waals surface area contributed by atoms with Crippen LogP contribution in [0, 0.1) is 0 Å². The minimum Gasteiger partial charge on any atom is -0.350 e. The van der Waals surface area contributed by atoms with Crippen LogP contribution in [0.25, 0.3) is 5.69 Å². The number of carbonyl (C=O) groups is 1. The highest BCUT2D eigenvalue weighted by atomic mass is 16.1. The molecule has 0 saturated carbocycles. The molecule has 0 saturated heterocycles. The van der Waals surface area contributed by atoms with Gasteiger partial charge in [-0.05, 0) is 43.0 Å². The van der Waals surface area contributed by atoms with Crippen LogP contribution >= 0.6 is 0 Å². The van der Waals surface area contributed by atoms with Gasteiger partial charge in [0.1, 0.15) is 0 Å². The summed E-state index contributed by atoms with van der Waals surface area (Å²) in [5.74, 6) is -0.0811. The van der Waals surface area contributed by atoms with Crippen LogP contribution in [0.15, 0.2) is 48.7 Å². The summed E-state index contributed by atoms with van der Waals surface area (Å²) in [6.45, 7) is 0.443. The van der Waals surface area contributed by atoms with E-state index in [1.165, 1.54) is 22.5 Å². The van der Waals surface area contributed by atoms with Crippen LogP contribution in [-0.4, -0.2) is 25.9 Å². The summed E-state index contributed by atoms with van der Waals surface area (Å²) in [4.78, 5) is 18.3. The minimum atomic E-state index is -0.0811. The van der Waals surface area contributed by atoms with Gasteiger partial charge in [-0.15, -0.1) is 0 Å². The third kappa shape index (κ3) is 3.57. The summed E-state index contributed by atoms with van der Waals surface area (Å²) in [6.07, 6.45) is 5.17. The Kier molecular flexibility index (Phi) is 4.24. The predicted octanol–water partition coefficient (Wildman–Crippen LogP) is 2.01. The van der Waals surface area contributed by atoms with E-state index in [4.69, 9.17) is 0 Å². The lowest BCUT2D eigenvalue weighted by Gasteiger charge is -2.06. The molecule has 0 radical (unpaired) electrons. The number of nitrogens with one attached hydrogen (secondary N) is 1. The molecule has 6 nitrogen and oxygen atoms in total. The average Bonchev–Trinajstić information content (AvgIpc) is 3.29. The summed E-state index contributed by atoms with van der Waals surface area (Å²) >= 11 is 0. The molecule has 0 fully saturated rings. The molecule has 1 amide bonds. The maximum absolute atomic E-state index is 12.1. The molecule has 1 N–H and O–H groups in total. The quantitative estimate of drug-likeness (QED) is 0.775. The number of hydrogen-bond acceptors (Lipinski definition) is 4. The van der Waals surface area contributed by atoms with Gasteiger partial charge in [0.05, 0.1) is 36.2 Å². The van der Waals surface area contributed by atoms with Gasteiger partial charge in [-0.25, -0.2) is 0 Å². The van der Waals surface area contributed by atoms with E-state index < -0.39 is 0 Å². The molecule has 1 aliphatic carbocycles. The summed E-state index contributed by atoms with van der Waals surface area (Å²) in [7, 11) is 0. The van der Waals surface area contributed by atoms with Crippen LogP contribution in [-0.2, 0) is 30.6 Å². The first-order valence-corrected chi connectivity index (χ1v) is 8.49. The molecule has 0 unspecified atom stereocenters. The molecule has 0 aliphatic heterocycles. The Labute approximate surface area is 145 Å². The number of hydrogen-bond donors (Lipinski definition) is 1. The van der Waals surface area contributed by atoms with Crippen LogP contribution in [0.2, 0.25) is 0 Å². The standard InChI is InChI=1S/C19H19N5O/c25-19(20-12-15-10-9-14-5-4-8-18(14)22-15)11-16-13-21-24(23-16)17-6-2-1-3-7-17/h1-3,6-7,9-10,13H,4-5,8,11-12H2,(H,20,25). The van der Waals surface area contributed by atoms with E-state index in [0.29, 0.717) is 12.2 Å². The zero-order valence-corrected chi connectivity index (χ0v) is 13.9. The highest BCUT2D eigenvalue weighted by Gasteiger charge is 2.13. The molecular weight excluding hydrogens is 314 g/mol. The maximum atomic E-state index is 12.1. The highest BCUT2D eigenvalue weighted by molar-refractivity contribution is 5.77. The number of pyridine rings is 1. The van der Waals surface area contributed by atoms with Crippen molar-refractivity contribution in [1.82, 2.24) is 25.3 Å². The molecule has 126 valence electrons. The third-order valence-corrected chi connectivity index (χ3v) is 4.32. The fraction of sp³-hybridized carbons (Fsp3) is 0.263.